The Kier molecular flexibility index (Phi) is 3.40. The summed E-state index contributed by atoms with van der Waals surface area (Å²) in [6, 6.07) is 1.99. The van der Waals surface area contributed by atoms with Gasteiger partial charge in [-0.1, -0.05) is 20.8 Å². The zero-order chi connectivity index (χ0) is 9.84. The highest BCUT2D eigenvalue weighted by Gasteiger charge is 2.09. The maximum absolute atomic E-state index is 10.1. The summed E-state index contributed by atoms with van der Waals surface area (Å²) in [6.07, 6.45) is 2.52. The topological polar surface area (TPSA) is 29.4 Å². The summed E-state index contributed by atoms with van der Waals surface area (Å²) in [7, 11) is 0. The fourth-order valence-electron chi connectivity index (χ4n) is 1.12. The van der Waals surface area contributed by atoms with Crippen molar-refractivity contribution in [2.75, 3.05) is 0 Å². The number of hydrogen-bond donors (Lipinski definition) is 0. The highest BCUT2D eigenvalue weighted by Crippen LogP contribution is 2.33. The van der Waals surface area contributed by atoms with Gasteiger partial charge in [0.25, 0.3) is 0 Å². The van der Waals surface area contributed by atoms with E-state index in [0.29, 0.717) is 5.92 Å². The molecule has 1 aromatic rings. The SMILES string of the molecule is CCc1sc(C(C)C)cc1N=C=O. The summed E-state index contributed by atoms with van der Waals surface area (Å²) in [6.45, 7) is 6.35. The molecule has 0 fully saturated rings. The minimum Gasteiger partial charge on any atom is -0.211 e. The third kappa shape index (κ3) is 2.27. The maximum atomic E-state index is 10.1. The molecule has 0 aliphatic carbocycles. The molecule has 0 atom stereocenters. The van der Waals surface area contributed by atoms with Gasteiger partial charge in [0.05, 0.1) is 5.69 Å². The van der Waals surface area contributed by atoms with Crippen LogP contribution >= 0.6 is 11.3 Å². The molecule has 0 amide bonds. The monoisotopic (exact) mass is 195 g/mol. The summed E-state index contributed by atoms with van der Waals surface area (Å²) in [5, 5.41) is 0. The van der Waals surface area contributed by atoms with Gasteiger partial charge in [-0.3, -0.25) is 0 Å². The van der Waals surface area contributed by atoms with Crippen molar-refractivity contribution in [3.05, 3.63) is 15.8 Å². The zero-order valence-electron chi connectivity index (χ0n) is 8.13. The normalized spacial score (nSPS) is 10.2. The van der Waals surface area contributed by atoms with Gasteiger partial charge in [0, 0.05) is 9.75 Å². The van der Waals surface area contributed by atoms with Crippen molar-refractivity contribution in [1.29, 1.82) is 0 Å². The smallest absolute Gasteiger partial charge is 0.211 e. The van der Waals surface area contributed by atoms with Crippen LogP contribution in [0.5, 0.6) is 0 Å². The quantitative estimate of drug-likeness (QED) is 0.537. The van der Waals surface area contributed by atoms with E-state index >= 15 is 0 Å². The lowest BCUT2D eigenvalue weighted by Gasteiger charge is -1.96. The lowest BCUT2D eigenvalue weighted by molar-refractivity contribution is 0.565. The van der Waals surface area contributed by atoms with Crippen LogP contribution in [0.1, 0.15) is 36.4 Å². The largest absolute Gasteiger partial charge is 0.240 e. The Balaban J connectivity index is 3.11. The van der Waals surface area contributed by atoms with Gasteiger partial charge < -0.3 is 0 Å². The summed E-state index contributed by atoms with van der Waals surface area (Å²) < 4.78 is 0. The molecule has 0 N–H and O–H groups in total. The minimum atomic E-state index is 0.505. The van der Waals surface area contributed by atoms with E-state index in [9.17, 15) is 4.79 Å². The molecule has 0 bridgehead atoms. The molecule has 0 aliphatic heterocycles. The molecule has 1 aromatic heterocycles. The van der Waals surface area contributed by atoms with E-state index in [-0.39, 0.29) is 0 Å². The molecule has 1 rings (SSSR count). The molecule has 0 aliphatic rings. The number of thiophene rings is 1. The van der Waals surface area contributed by atoms with Crippen LogP contribution in [0.3, 0.4) is 0 Å². The van der Waals surface area contributed by atoms with E-state index in [1.165, 1.54) is 9.75 Å². The second kappa shape index (κ2) is 4.35. The summed E-state index contributed by atoms with van der Waals surface area (Å²) in [4.78, 5) is 16.3. The summed E-state index contributed by atoms with van der Waals surface area (Å²) in [5.41, 5.74) is 0.797. The standard InChI is InChI=1S/C10H13NOS/c1-4-9-8(11-6-12)5-10(13-9)7(2)3/h5,7H,4H2,1-3H3. The Morgan fingerprint density at radius 1 is 1.62 bits per heavy atom. The lowest BCUT2D eigenvalue weighted by Crippen LogP contribution is -1.77. The number of nitrogens with zero attached hydrogens (tertiary/aromatic N) is 1. The van der Waals surface area contributed by atoms with Gasteiger partial charge in [-0.25, -0.2) is 4.79 Å². The molecule has 0 unspecified atom stereocenters. The molecule has 13 heavy (non-hydrogen) atoms. The molecular weight excluding hydrogens is 182 g/mol. The Labute approximate surface area is 82.3 Å². The molecule has 0 saturated heterocycles. The first-order valence-electron chi connectivity index (χ1n) is 4.39. The predicted molar refractivity (Wildman–Crippen MR) is 55.6 cm³/mol. The van der Waals surface area contributed by atoms with Crippen molar-refractivity contribution >= 4 is 23.1 Å². The van der Waals surface area contributed by atoms with Gasteiger partial charge in [-0.2, -0.15) is 4.99 Å². The zero-order valence-corrected chi connectivity index (χ0v) is 8.94. The Hall–Kier alpha value is -0.920. The second-order valence-electron chi connectivity index (χ2n) is 3.17. The predicted octanol–water partition coefficient (Wildman–Crippen LogP) is 3.40. The number of carbonyl (C=O) groups excluding carboxylic acids is 1. The van der Waals surface area contributed by atoms with Gasteiger partial charge in [0.1, 0.15) is 0 Å². The lowest BCUT2D eigenvalue weighted by atomic mass is 10.2. The third-order valence-corrected chi connectivity index (χ3v) is 3.43. The average Bonchev–Trinajstić information content (AvgIpc) is 2.48. The molecule has 0 radical (unpaired) electrons. The summed E-state index contributed by atoms with van der Waals surface area (Å²) in [5.74, 6) is 0.505. The third-order valence-electron chi connectivity index (χ3n) is 1.86. The van der Waals surface area contributed by atoms with Crippen LogP contribution in [0.2, 0.25) is 0 Å². The Morgan fingerprint density at radius 2 is 2.31 bits per heavy atom. The number of aryl methyl sites for hydroxylation is 1. The van der Waals surface area contributed by atoms with Gasteiger partial charge in [0.2, 0.25) is 6.08 Å². The van der Waals surface area contributed by atoms with Crippen LogP contribution in [0.15, 0.2) is 11.1 Å². The molecular formula is C10H13NOS. The first-order valence-corrected chi connectivity index (χ1v) is 5.21. The van der Waals surface area contributed by atoms with Crippen molar-refractivity contribution in [1.82, 2.24) is 0 Å². The van der Waals surface area contributed by atoms with Gasteiger partial charge in [-0.05, 0) is 18.4 Å². The van der Waals surface area contributed by atoms with Crippen LogP contribution in [0, 0.1) is 0 Å². The van der Waals surface area contributed by atoms with E-state index in [1.807, 2.05) is 6.07 Å². The molecule has 2 nitrogen and oxygen atoms in total. The van der Waals surface area contributed by atoms with Crippen LogP contribution in [-0.4, -0.2) is 6.08 Å². The fraction of sp³-hybridized carbons (Fsp3) is 0.500. The van der Waals surface area contributed by atoms with Gasteiger partial charge >= 0.3 is 0 Å². The first-order chi connectivity index (χ1) is 6.19. The Morgan fingerprint density at radius 3 is 2.77 bits per heavy atom. The minimum absolute atomic E-state index is 0.505. The van der Waals surface area contributed by atoms with Crippen LogP contribution in [0.25, 0.3) is 0 Å². The van der Waals surface area contributed by atoms with Gasteiger partial charge in [-0.15, -0.1) is 11.3 Å². The molecule has 0 spiro atoms. The van der Waals surface area contributed by atoms with E-state index in [0.717, 1.165) is 12.1 Å². The highest BCUT2D eigenvalue weighted by atomic mass is 32.1. The van der Waals surface area contributed by atoms with Crippen molar-refractivity contribution < 1.29 is 4.79 Å². The van der Waals surface area contributed by atoms with Crippen molar-refractivity contribution in [2.45, 2.75) is 33.1 Å². The average molecular weight is 195 g/mol. The van der Waals surface area contributed by atoms with Crippen molar-refractivity contribution in [2.24, 2.45) is 4.99 Å². The molecule has 70 valence electrons. The molecule has 0 saturated carbocycles. The molecule has 3 heteroatoms. The van der Waals surface area contributed by atoms with Gasteiger partial charge in [0.15, 0.2) is 0 Å². The number of isocyanates is 1. The highest BCUT2D eigenvalue weighted by molar-refractivity contribution is 7.12. The van der Waals surface area contributed by atoms with E-state index in [2.05, 4.69) is 25.8 Å². The van der Waals surface area contributed by atoms with E-state index < -0.39 is 0 Å². The fourth-order valence-corrected chi connectivity index (χ4v) is 2.17. The molecule has 1 heterocycles. The number of aliphatic imine (C=N–C) groups is 1. The van der Waals surface area contributed by atoms with Crippen LogP contribution < -0.4 is 0 Å². The van der Waals surface area contributed by atoms with Crippen molar-refractivity contribution in [3.63, 3.8) is 0 Å². The maximum Gasteiger partial charge on any atom is 0.240 e. The van der Waals surface area contributed by atoms with E-state index in [4.69, 9.17) is 0 Å². The summed E-state index contributed by atoms with van der Waals surface area (Å²) >= 11 is 1.73. The Bertz CT molecular complexity index is 335. The first kappa shape index (κ1) is 10.2. The van der Waals surface area contributed by atoms with Crippen molar-refractivity contribution in [3.8, 4) is 0 Å². The van der Waals surface area contributed by atoms with Crippen LogP contribution in [-0.2, 0) is 11.2 Å². The number of rotatable bonds is 3. The number of hydrogen-bond acceptors (Lipinski definition) is 3. The van der Waals surface area contributed by atoms with E-state index in [1.54, 1.807) is 17.4 Å². The molecule has 0 aromatic carbocycles. The van der Waals surface area contributed by atoms with Crippen LogP contribution in [0.4, 0.5) is 5.69 Å². The second-order valence-corrected chi connectivity index (χ2v) is 4.34.